The quantitative estimate of drug-likeness (QED) is 0.377. The number of benzene rings is 1. The summed E-state index contributed by atoms with van der Waals surface area (Å²) in [5.74, 6) is 2.24. The Balaban J connectivity index is 1.52. The molecule has 6 heteroatoms. The van der Waals surface area contributed by atoms with Gasteiger partial charge in [0.25, 0.3) is 0 Å². The maximum atomic E-state index is 9.23. The third kappa shape index (κ3) is 3.73. The van der Waals surface area contributed by atoms with E-state index in [1.165, 1.54) is 5.56 Å². The van der Waals surface area contributed by atoms with Crippen molar-refractivity contribution in [3.05, 3.63) is 65.7 Å². The minimum atomic E-state index is 0.354. The molecule has 6 nitrogen and oxygen atoms in total. The highest BCUT2D eigenvalue weighted by atomic mass is 16.4. The van der Waals surface area contributed by atoms with E-state index in [4.69, 9.17) is 9.68 Å². The number of nitrogens with zero attached hydrogens (tertiary/aromatic N) is 4. The van der Waals surface area contributed by atoms with Gasteiger partial charge in [-0.3, -0.25) is 9.88 Å². The molecule has 2 aromatic heterocycles. The van der Waals surface area contributed by atoms with Crippen molar-refractivity contribution in [1.82, 2.24) is 9.88 Å². The second kappa shape index (κ2) is 8.37. The molecule has 1 fully saturated rings. The summed E-state index contributed by atoms with van der Waals surface area (Å²) in [5, 5.41) is 21.6. The van der Waals surface area contributed by atoms with Gasteiger partial charge in [-0.2, -0.15) is 5.26 Å². The average Bonchev–Trinajstić information content (AvgIpc) is 3.44. The number of likely N-dealkylation sites (tertiary alicyclic amines) is 1. The van der Waals surface area contributed by atoms with Gasteiger partial charge in [-0.25, -0.2) is 0 Å². The molecule has 3 heterocycles. The summed E-state index contributed by atoms with van der Waals surface area (Å²) in [6, 6.07) is 14.7. The smallest absolute Gasteiger partial charge is 0.142 e. The van der Waals surface area contributed by atoms with Gasteiger partial charge in [-0.15, -0.1) is 0 Å². The number of pyridine rings is 1. The Morgan fingerprint density at radius 3 is 2.61 bits per heavy atom. The van der Waals surface area contributed by atoms with Crippen LogP contribution in [-0.4, -0.2) is 40.4 Å². The molecule has 1 aliphatic carbocycles. The van der Waals surface area contributed by atoms with Crippen molar-refractivity contribution < 1.29 is 9.62 Å². The first-order valence-corrected chi connectivity index (χ1v) is 10.7. The fraction of sp³-hybridized carbons (Fsp3) is 0.320. The van der Waals surface area contributed by atoms with Gasteiger partial charge in [0, 0.05) is 35.0 Å². The lowest BCUT2D eigenvalue weighted by atomic mass is 9.93. The molecule has 0 spiro atoms. The molecule has 1 aliphatic heterocycles. The van der Waals surface area contributed by atoms with E-state index in [1.54, 1.807) is 12.4 Å². The summed E-state index contributed by atoms with van der Waals surface area (Å²) < 4.78 is 6.52. The molecule has 0 unspecified atom stereocenters. The molecular formula is C25H24N4O2. The van der Waals surface area contributed by atoms with Crippen LogP contribution < -0.4 is 0 Å². The standard InChI is InChI=1S/C25H24N4O2/c26-9-14-29-12-7-18(8-13-29)24-16-22(17-5-10-27-11-6-17)25(31-24)20-1-3-21-19(15-20)2-4-23(21)28-30/h1,3,5-6,10-11,15-16,18,30H,2,4,7-8,12-14H2. The fourth-order valence-corrected chi connectivity index (χ4v) is 4.76. The van der Waals surface area contributed by atoms with Crippen molar-refractivity contribution in [1.29, 1.82) is 5.26 Å². The highest BCUT2D eigenvalue weighted by Gasteiger charge is 2.26. The van der Waals surface area contributed by atoms with Gasteiger partial charge in [0.05, 0.1) is 18.3 Å². The van der Waals surface area contributed by atoms with Gasteiger partial charge < -0.3 is 9.62 Å². The monoisotopic (exact) mass is 412 g/mol. The number of hydrogen-bond acceptors (Lipinski definition) is 6. The number of aromatic nitrogens is 1. The first-order chi connectivity index (χ1) is 15.3. The molecule has 31 heavy (non-hydrogen) atoms. The van der Waals surface area contributed by atoms with Crippen LogP contribution in [0.1, 0.15) is 42.1 Å². The first kappa shape index (κ1) is 19.5. The van der Waals surface area contributed by atoms with Gasteiger partial charge in [0.1, 0.15) is 11.5 Å². The molecule has 1 N–H and O–H groups in total. The van der Waals surface area contributed by atoms with E-state index in [2.05, 4.69) is 39.3 Å². The fourth-order valence-electron chi connectivity index (χ4n) is 4.76. The molecule has 0 bridgehead atoms. The van der Waals surface area contributed by atoms with Crippen LogP contribution in [0, 0.1) is 11.3 Å². The molecule has 0 saturated carbocycles. The number of oxime groups is 1. The third-order valence-corrected chi connectivity index (χ3v) is 6.46. The van der Waals surface area contributed by atoms with Crippen molar-refractivity contribution >= 4 is 5.71 Å². The Labute approximate surface area is 181 Å². The number of aryl methyl sites for hydroxylation is 1. The SMILES string of the molecule is N#CCN1CCC(c2cc(-c3ccncc3)c(-c3ccc4c(c3)CCC4=NO)o2)CC1. The molecule has 1 saturated heterocycles. The Bertz CT molecular complexity index is 1150. The van der Waals surface area contributed by atoms with Crippen molar-refractivity contribution in [2.24, 2.45) is 5.16 Å². The minimum Gasteiger partial charge on any atom is -0.460 e. The zero-order chi connectivity index (χ0) is 21.2. The number of piperidine rings is 1. The zero-order valence-electron chi connectivity index (χ0n) is 17.3. The third-order valence-electron chi connectivity index (χ3n) is 6.46. The summed E-state index contributed by atoms with van der Waals surface area (Å²) in [6.07, 6.45) is 7.23. The number of rotatable bonds is 4. The second-order valence-corrected chi connectivity index (χ2v) is 8.25. The van der Waals surface area contributed by atoms with Crippen molar-refractivity contribution in [3.63, 3.8) is 0 Å². The van der Waals surface area contributed by atoms with Gasteiger partial charge in [-0.1, -0.05) is 17.3 Å². The summed E-state index contributed by atoms with van der Waals surface area (Å²) in [6.45, 7) is 2.33. The van der Waals surface area contributed by atoms with E-state index in [9.17, 15) is 5.21 Å². The van der Waals surface area contributed by atoms with E-state index >= 15 is 0 Å². The Morgan fingerprint density at radius 1 is 1.06 bits per heavy atom. The van der Waals surface area contributed by atoms with E-state index in [0.717, 1.165) is 78.3 Å². The van der Waals surface area contributed by atoms with Gasteiger partial charge in [0.2, 0.25) is 0 Å². The number of furan rings is 1. The Hall–Kier alpha value is -3.43. The predicted octanol–water partition coefficient (Wildman–Crippen LogP) is 4.84. The highest BCUT2D eigenvalue weighted by molar-refractivity contribution is 6.04. The average molecular weight is 412 g/mol. The maximum Gasteiger partial charge on any atom is 0.142 e. The normalized spacial score (nSPS) is 18.2. The van der Waals surface area contributed by atoms with Crippen LogP contribution in [0.25, 0.3) is 22.5 Å². The Morgan fingerprint density at radius 2 is 1.87 bits per heavy atom. The molecule has 0 amide bonds. The molecule has 0 radical (unpaired) electrons. The minimum absolute atomic E-state index is 0.354. The zero-order valence-corrected chi connectivity index (χ0v) is 17.3. The van der Waals surface area contributed by atoms with Crippen LogP contribution in [0.5, 0.6) is 0 Å². The lowest BCUT2D eigenvalue weighted by Crippen LogP contribution is -2.33. The molecular weight excluding hydrogens is 388 g/mol. The maximum absolute atomic E-state index is 9.23. The first-order valence-electron chi connectivity index (χ1n) is 10.7. The number of nitriles is 1. The molecule has 5 rings (SSSR count). The van der Waals surface area contributed by atoms with Crippen LogP contribution in [0.2, 0.25) is 0 Å². The summed E-state index contributed by atoms with van der Waals surface area (Å²) in [7, 11) is 0. The lowest BCUT2D eigenvalue weighted by Gasteiger charge is -2.29. The van der Waals surface area contributed by atoms with Crippen molar-refractivity contribution in [2.45, 2.75) is 31.6 Å². The van der Waals surface area contributed by atoms with Crippen LogP contribution in [0.3, 0.4) is 0 Å². The Kier molecular flexibility index (Phi) is 5.27. The van der Waals surface area contributed by atoms with E-state index in [1.807, 2.05) is 18.2 Å². The van der Waals surface area contributed by atoms with Crippen LogP contribution in [0.4, 0.5) is 0 Å². The van der Waals surface area contributed by atoms with Crippen molar-refractivity contribution in [2.75, 3.05) is 19.6 Å². The van der Waals surface area contributed by atoms with Gasteiger partial charge in [-0.05, 0) is 74.2 Å². The van der Waals surface area contributed by atoms with Crippen molar-refractivity contribution in [3.8, 4) is 28.5 Å². The predicted molar refractivity (Wildman–Crippen MR) is 118 cm³/mol. The molecule has 1 aromatic carbocycles. The summed E-state index contributed by atoms with van der Waals surface area (Å²) >= 11 is 0. The molecule has 0 atom stereocenters. The van der Waals surface area contributed by atoms with Crippen LogP contribution >= 0.6 is 0 Å². The van der Waals surface area contributed by atoms with Gasteiger partial charge in [0.15, 0.2) is 0 Å². The van der Waals surface area contributed by atoms with E-state index in [0.29, 0.717) is 12.5 Å². The van der Waals surface area contributed by atoms with E-state index < -0.39 is 0 Å². The molecule has 3 aromatic rings. The molecule has 156 valence electrons. The van der Waals surface area contributed by atoms with E-state index in [-0.39, 0.29) is 0 Å². The molecule has 2 aliphatic rings. The number of hydrogen-bond donors (Lipinski definition) is 1. The number of fused-ring (bicyclic) bond motifs is 1. The largest absolute Gasteiger partial charge is 0.460 e. The highest BCUT2D eigenvalue weighted by Crippen LogP contribution is 2.41. The van der Waals surface area contributed by atoms with Crippen LogP contribution in [-0.2, 0) is 6.42 Å². The topological polar surface area (TPSA) is 85.7 Å². The summed E-state index contributed by atoms with van der Waals surface area (Å²) in [5.41, 5.74) is 6.16. The van der Waals surface area contributed by atoms with Crippen LogP contribution in [0.15, 0.2) is 58.4 Å². The van der Waals surface area contributed by atoms with Gasteiger partial charge >= 0.3 is 0 Å². The lowest BCUT2D eigenvalue weighted by molar-refractivity contribution is 0.223. The summed E-state index contributed by atoms with van der Waals surface area (Å²) in [4.78, 5) is 6.36. The second-order valence-electron chi connectivity index (χ2n) is 8.25.